The molecule has 2 fully saturated rings. The molecule has 3 rings (SSSR count). The summed E-state index contributed by atoms with van der Waals surface area (Å²) in [6.07, 6.45) is 1.64. The fourth-order valence-corrected chi connectivity index (χ4v) is 3.55. The molecule has 1 heterocycles. The van der Waals surface area contributed by atoms with Gasteiger partial charge in [-0.05, 0) is 52.9 Å². The third-order valence-corrected chi connectivity index (χ3v) is 4.80. The van der Waals surface area contributed by atoms with Crippen LogP contribution < -0.4 is 10.6 Å². The number of nitrogens with two attached hydrogens (primary N) is 1. The molecule has 1 saturated heterocycles. The van der Waals surface area contributed by atoms with Crippen molar-refractivity contribution in [3.63, 3.8) is 0 Å². The SMILES string of the molecule is CC1CC2C(=O)N(c3ccc(N)c(Br)c3)C(=O)C2C1. The number of carbonyl (C=O) groups excluding carboxylic acids is 2. The van der Waals surface area contributed by atoms with E-state index < -0.39 is 0 Å². The van der Waals surface area contributed by atoms with Crippen molar-refractivity contribution < 1.29 is 9.59 Å². The summed E-state index contributed by atoms with van der Waals surface area (Å²) in [7, 11) is 0. The lowest BCUT2D eigenvalue weighted by molar-refractivity contribution is -0.123. The van der Waals surface area contributed by atoms with Crippen molar-refractivity contribution in [3.8, 4) is 0 Å². The zero-order valence-corrected chi connectivity index (χ0v) is 12.2. The van der Waals surface area contributed by atoms with Crippen molar-refractivity contribution in [1.82, 2.24) is 0 Å². The first kappa shape index (κ1) is 12.7. The lowest BCUT2D eigenvalue weighted by Gasteiger charge is -2.17. The van der Waals surface area contributed by atoms with Gasteiger partial charge in [0.25, 0.3) is 0 Å². The third kappa shape index (κ3) is 1.87. The quantitative estimate of drug-likeness (QED) is 0.638. The van der Waals surface area contributed by atoms with E-state index >= 15 is 0 Å². The van der Waals surface area contributed by atoms with Crippen LogP contribution in [0.1, 0.15) is 19.8 Å². The topological polar surface area (TPSA) is 63.4 Å². The number of fused-ring (bicyclic) bond motifs is 1. The number of imide groups is 1. The monoisotopic (exact) mass is 322 g/mol. The number of hydrogen-bond donors (Lipinski definition) is 1. The second-order valence-corrected chi connectivity index (χ2v) is 6.36. The van der Waals surface area contributed by atoms with Gasteiger partial charge in [0.05, 0.1) is 17.5 Å². The predicted molar refractivity (Wildman–Crippen MR) is 76.4 cm³/mol. The Balaban J connectivity index is 1.96. The first-order chi connectivity index (χ1) is 8.99. The number of hydrogen-bond acceptors (Lipinski definition) is 3. The van der Waals surface area contributed by atoms with Crippen LogP contribution in [0, 0.1) is 17.8 Å². The Bertz CT molecular complexity index is 549. The molecule has 100 valence electrons. The van der Waals surface area contributed by atoms with Gasteiger partial charge in [-0.25, -0.2) is 0 Å². The molecule has 1 aliphatic carbocycles. The van der Waals surface area contributed by atoms with Crippen LogP contribution in [-0.4, -0.2) is 11.8 Å². The van der Waals surface area contributed by atoms with E-state index in [1.54, 1.807) is 18.2 Å². The average molecular weight is 323 g/mol. The summed E-state index contributed by atoms with van der Waals surface area (Å²) in [6, 6.07) is 5.16. The van der Waals surface area contributed by atoms with Gasteiger partial charge in [-0.1, -0.05) is 6.92 Å². The summed E-state index contributed by atoms with van der Waals surface area (Å²) in [4.78, 5) is 26.1. The van der Waals surface area contributed by atoms with Gasteiger partial charge in [-0.15, -0.1) is 0 Å². The Hall–Kier alpha value is -1.36. The number of halogens is 1. The smallest absolute Gasteiger partial charge is 0.237 e. The minimum Gasteiger partial charge on any atom is -0.398 e. The fraction of sp³-hybridized carbons (Fsp3) is 0.429. The van der Waals surface area contributed by atoms with Crippen LogP contribution in [0.4, 0.5) is 11.4 Å². The lowest BCUT2D eigenvalue weighted by Crippen LogP contribution is -2.32. The standard InChI is InChI=1S/C14H15BrN2O2/c1-7-4-9-10(5-7)14(19)17(13(9)18)8-2-3-12(16)11(15)6-8/h2-3,6-7,9-10H,4-5,16H2,1H3. The second-order valence-electron chi connectivity index (χ2n) is 5.51. The highest BCUT2D eigenvalue weighted by molar-refractivity contribution is 9.10. The van der Waals surface area contributed by atoms with Crippen molar-refractivity contribution >= 4 is 39.1 Å². The number of amides is 2. The van der Waals surface area contributed by atoms with Crippen molar-refractivity contribution in [2.45, 2.75) is 19.8 Å². The van der Waals surface area contributed by atoms with E-state index in [0.717, 1.165) is 12.8 Å². The first-order valence-electron chi connectivity index (χ1n) is 6.42. The summed E-state index contributed by atoms with van der Waals surface area (Å²) in [5.74, 6) is 0.0907. The highest BCUT2D eigenvalue weighted by Gasteiger charge is 2.52. The van der Waals surface area contributed by atoms with Gasteiger partial charge in [-0.2, -0.15) is 0 Å². The molecule has 1 aliphatic heterocycles. The van der Waals surface area contributed by atoms with Crippen LogP contribution in [0.3, 0.4) is 0 Å². The summed E-state index contributed by atoms with van der Waals surface area (Å²) in [5.41, 5.74) is 6.94. The zero-order chi connectivity index (χ0) is 13.7. The molecule has 19 heavy (non-hydrogen) atoms. The minimum atomic E-state index is -0.126. The second kappa shape index (κ2) is 4.34. The van der Waals surface area contributed by atoms with Crippen LogP contribution in [0.2, 0.25) is 0 Å². The third-order valence-electron chi connectivity index (χ3n) is 4.12. The lowest BCUT2D eigenvalue weighted by atomic mass is 10.00. The molecule has 2 unspecified atom stereocenters. The highest BCUT2D eigenvalue weighted by atomic mass is 79.9. The van der Waals surface area contributed by atoms with E-state index in [4.69, 9.17) is 5.73 Å². The van der Waals surface area contributed by atoms with E-state index in [-0.39, 0.29) is 23.7 Å². The highest BCUT2D eigenvalue weighted by Crippen LogP contribution is 2.44. The molecule has 0 radical (unpaired) electrons. The van der Waals surface area contributed by atoms with Crippen molar-refractivity contribution in [3.05, 3.63) is 22.7 Å². The number of rotatable bonds is 1. The predicted octanol–water partition coefficient (Wildman–Crippen LogP) is 2.57. The molecule has 2 atom stereocenters. The molecular formula is C14H15BrN2O2. The van der Waals surface area contributed by atoms with Gasteiger partial charge < -0.3 is 5.73 Å². The van der Waals surface area contributed by atoms with Crippen LogP contribution in [0.25, 0.3) is 0 Å². The van der Waals surface area contributed by atoms with Gasteiger partial charge in [0.15, 0.2) is 0 Å². The Morgan fingerprint density at radius 2 is 1.79 bits per heavy atom. The van der Waals surface area contributed by atoms with Crippen LogP contribution >= 0.6 is 15.9 Å². The molecule has 1 aromatic rings. The van der Waals surface area contributed by atoms with Crippen molar-refractivity contribution in [1.29, 1.82) is 0 Å². The number of carbonyl (C=O) groups is 2. The normalized spacial score (nSPS) is 30.0. The number of nitrogens with zero attached hydrogens (tertiary/aromatic N) is 1. The first-order valence-corrected chi connectivity index (χ1v) is 7.21. The zero-order valence-electron chi connectivity index (χ0n) is 10.6. The summed E-state index contributed by atoms with van der Waals surface area (Å²) >= 11 is 3.33. The number of nitrogen functional groups attached to an aromatic ring is 1. The van der Waals surface area contributed by atoms with Crippen molar-refractivity contribution in [2.75, 3.05) is 10.6 Å². The van der Waals surface area contributed by atoms with E-state index in [1.807, 2.05) is 0 Å². The van der Waals surface area contributed by atoms with E-state index in [9.17, 15) is 9.59 Å². The Labute approximate surface area is 120 Å². The molecule has 2 amide bonds. The Kier molecular flexibility index (Phi) is 2.89. The molecule has 1 saturated carbocycles. The molecule has 0 spiro atoms. The van der Waals surface area contributed by atoms with Crippen LogP contribution in [0.15, 0.2) is 22.7 Å². The maximum Gasteiger partial charge on any atom is 0.237 e. The molecule has 0 aromatic heterocycles. The molecule has 0 bridgehead atoms. The average Bonchev–Trinajstić information content (AvgIpc) is 2.84. The maximum atomic E-state index is 12.4. The van der Waals surface area contributed by atoms with E-state index in [1.165, 1.54) is 4.90 Å². The molecule has 2 aliphatic rings. The van der Waals surface area contributed by atoms with Gasteiger partial charge in [0.1, 0.15) is 0 Å². The molecule has 4 nitrogen and oxygen atoms in total. The van der Waals surface area contributed by atoms with Gasteiger partial charge in [0.2, 0.25) is 11.8 Å². The Morgan fingerprint density at radius 3 is 2.32 bits per heavy atom. The molecule has 1 aromatic carbocycles. The molecular weight excluding hydrogens is 308 g/mol. The van der Waals surface area contributed by atoms with Gasteiger partial charge >= 0.3 is 0 Å². The number of benzene rings is 1. The largest absolute Gasteiger partial charge is 0.398 e. The van der Waals surface area contributed by atoms with E-state index in [2.05, 4.69) is 22.9 Å². The Morgan fingerprint density at radius 1 is 1.21 bits per heavy atom. The van der Waals surface area contributed by atoms with Crippen molar-refractivity contribution in [2.24, 2.45) is 17.8 Å². The summed E-state index contributed by atoms with van der Waals surface area (Å²) in [6.45, 7) is 2.10. The van der Waals surface area contributed by atoms with Crippen LogP contribution in [-0.2, 0) is 9.59 Å². The van der Waals surface area contributed by atoms with Gasteiger partial charge in [-0.3, -0.25) is 14.5 Å². The summed E-state index contributed by atoms with van der Waals surface area (Å²) in [5, 5.41) is 0. The van der Waals surface area contributed by atoms with Crippen LogP contribution in [0.5, 0.6) is 0 Å². The molecule has 2 N–H and O–H groups in total. The maximum absolute atomic E-state index is 12.4. The summed E-state index contributed by atoms with van der Waals surface area (Å²) < 4.78 is 0.705. The molecule has 5 heteroatoms. The van der Waals surface area contributed by atoms with Gasteiger partial charge in [0, 0.05) is 10.2 Å². The number of anilines is 2. The van der Waals surface area contributed by atoms with E-state index in [0.29, 0.717) is 21.8 Å². The fourth-order valence-electron chi connectivity index (χ4n) is 3.19. The minimum absolute atomic E-state index is 0.0592.